The number of nitrogens with one attached hydrogen (secondary N) is 1. The predicted octanol–water partition coefficient (Wildman–Crippen LogP) is 15.1. The van der Waals surface area contributed by atoms with Gasteiger partial charge < -0.3 is 65.1 Å². The van der Waals surface area contributed by atoms with Crippen LogP contribution in [0.1, 0.15) is 271 Å². The Balaban J connectivity index is 1.68. The van der Waals surface area contributed by atoms with Gasteiger partial charge in [0.25, 0.3) is 0 Å². The van der Waals surface area contributed by atoms with Crippen LogP contribution >= 0.6 is 0 Å². The van der Waals surface area contributed by atoms with E-state index in [1.165, 1.54) is 122 Å². The zero-order valence-corrected chi connectivity index (χ0v) is 56.3. The van der Waals surface area contributed by atoms with Gasteiger partial charge in [0.1, 0.15) is 48.8 Å². The molecule has 0 spiro atoms. The van der Waals surface area contributed by atoms with E-state index >= 15 is 0 Å². The molecule has 2 saturated heterocycles. The summed E-state index contributed by atoms with van der Waals surface area (Å²) in [6, 6.07) is -0.849. The van der Waals surface area contributed by atoms with Crippen molar-refractivity contribution in [2.45, 2.75) is 344 Å². The Labute approximate surface area is 546 Å². The normalized spacial score (nSPS) is 23.6. The summed E-state index contributed by atoms with van der Waals surface area (Å²) in [7, 11) is 0. The molecule has 14 heteroatoms. The number of amides is 1. The molecule has 90 heavy (non-hydrogen) atoms. The Morgan fingerprint density at radius 1 is 0.411 bits per heavy atom. The highest BCUT2D eigenvalue weighted by Gasteiger charge is 2.51. The Hall–Kier alpha value is -3.35. The minimum atomic E-state index is -1.79. The number of hydrogen-bond acceptors (Lipinski definition) is 13. The van der Waals surface area contributed by atoms with Gasteiger partial charge in [-0.1, -0.05) is 290 Å². The van der Waals surface area contributed by atoms with Gasteiger partial charge in [-0.2, -0.15) is 0 Å². The fourth-order valence-corrected chi connectivity index (χ4v) is 11.3. The average Bonchev–Trinajstić information content (AvgIpc) is 1.41. The van der Waals surface area contributed by atoms with Crippen LogP contribution in [0, 0.1) is 0 Å². The molecule has 0 aliphatic carbocycles. The number of aliphatic hydroxyl groups is 8. The maximum atomic E-state index is 13.4. The van der Waals surface area contributed by atoms with Crippen molar-refractivity contribution < 1.29 is 64.6 Å². The molecule has 12 unspecified atom stereocenters. The Morgan fingerprint density at radius 2 is 0.767 bits per heavy atom. The summed E-state index contributed by atoms with van der Waals surface area (Å²) in [5.41, 5.74) is 0. The number of hydrogen-bond donors (Lipinski definition) is 9. The van der Waals surface area contributed by atoms with E-state index in [9.17, 15) is 45.6 Å². The minimum absolute atomic E-state index is 0.227. The van der Waals surface area contributed by atoms with Gasteiger partial charge in [0, 0.05) is 6.42 Å². The average molecular weight is 1270 g/mol. The highest BCUT2D eigenvalue weighted by molar-refractivity contribution is 5.76. The fraction of sp³-hybridized carbons (Fsp3) is 0.750. The van der Waals surface area contributed by atoms with Crippen LogP contribution in [0.25, 0.3) is 0 Å². The second-order valence-corrected chi connectivity index (χ2v) is 25.0. The lowest BCUT2D eigenvalue weighted by atomic mass is 9.97. The van der Waals surface area contributed by atoms with Crippen LogP contribution in [-0.4, -0.2) is 140 Å². The predicted molar refractivity (Wildman–Crippen MR) is 369 cm³/mol. The summed E-state index contributed by atoms with van der Waals surface area (Å²) in [6.45, 7) is 2.75. The van der Waals surface area contributed by atoms with Gasteiger partial charge in [-0.15, -0.1) is 0 Å². The molecular weight excluding hydrogens is 1130 g/mol. The first-order valence-corrected chi connectivity index (χ1v) is 36.1. The van der Waals surface area contributed by atoms with E-state index in [4.69, 9.17) is 18.9 Å². The molecule has 12 atom stereocenters. The SMILES string of the molecule is CC/C=C\C/C=C\C/C=C\C/C=C\C/C=C\C/C=C\C/C=C\C/C=C\C/C=C\CCCCCCCC(=O)NC(COC1OC(CO)C(OC2OC(CO)C(O)C(O)C2O)C(O)C1O)C(O)CCCCCCCCCCCCCCCCCCCCCCCCC. The molecule has 1 amide bonds. The lowest BCUT2D eigenvalue weighted by Gasteiger charge is -2.46. The molecule has 0 aromatic rings. The molecule has 0 aromatic heterocycles. The highest BCUT2D eigenvalue weighted by Crippen LogP contribution is 2.30. The lowest BCUT2D eigenvalue weighted by molar-refractivity contribution is -0.359. The summed E-state index contributed by atoms with van der Waals surface area (Å²) in [5, 5.41) is 87.7. The van der Waals surface area contributed by atoms with Crippen molar-refractivity contribution in [3.63, 3.8) is 0 Å². The molecule has 0 saturated carbocycles. The summed E-state index contributed by atoms with van der Waals surface area (Å²) in [6.07, 6.45) is 68.0. The number of unbranched alkanes of at least 4 members (excludes halogenated alkanes) is 27. The van der Waals surface area contributed by atoms with Crippen molar-refractivity contribution in [1.29, 1.82) is 0 Å². The molecule has 2 aliphatic rings. The van der Waals surface area contributed by atoms with E-state index in [0.29, 0.717) is 12.8 Å². The smallest absolute Gasteiger partial charge is 0.220 e. The molecule has 0 aromatic carbocycles. The largest absolute Gasteiger partial charge is 0.394 e. The molecule has 518 valence electrons. The zero-order chi connectivity index (χ0) is 65.2. The first kappa shape index (κ1) is 82.7. The number of ether oxygens (including phenoxy) is 4. The molecule has 14 nitrogen and oxygen atoms in total. The topological polar surface area (TPSA) is 228 Å². The molecule has 2 fully saturated rings. The molecule has 0 radical (unpaired) electrons. The lowest BCUT2D eigenvalue weighted by Crippen LogP contribution is -2.65. The van der Waals surface area contributed by atoms with Crippen molar-refractivity contribution >= 4 is 5.91 Å². The van der Waals surface area contributed by atoms with Crippen LogP contribution in [-0.2, 0) is 23.7 Å². The number of aliphatic hydroxyl groups excluding tert-OH is 8. The third kappa shape index (κ3) is 42.8. The van der Waals surface area contributed by atoms with Crippen LogP contribution in [0.5, 0.6) is 0 Å². The van der Waals surface area contributed by atoms with Crippen LogP contribution < -0.4 is 5.32 Å². The van der Waals surface area contributed by atoms with Crippen molar-refractivity contribution in [2.24, 2.45) is 0 Å². The Morgan fingerprint density at radius 3 is 1.18 bits per heavy atom. The number of carbonyl (C=O) groups is 1. The third-order valence-electron chi connectivity index (χ3n) is 17.0. The van der Waals surface area contributed by atoms with Gasteiger partial charge in [-0.25, -0.2) is 0 Å². The van der Waals surface area contributed by atoms with Crippen molar-refractivity contribution in [1.82, 2.24) is 5.32 Å². The molecule has 2 aliphatic heterocycles. The maximum absolute atomic E-state index is 13.4. The maximum Gasteiger partial charge on any atom is 0.220 e. The van der Waals surface area contributed by atoms with E-state index in [1.807, 2.05) is 0 Å². The van der Waals surface area contributed by atoms with E-state index < -0.39 is 86.8 Å². The van der Waals surface area contributed by atoms with Gasteiger partial charge in [0.2, 0.25) is 5.91 Å². The third-order valence-corrected chi connectivity index (χ3v) is 17.0. The van der Waals surface area contributed by atoms with Gasteiger partial charge in [-0.05, 0) is 83.5 Å². The van der Waals surface area contributed by atoms with Crippen molar-refractivity contribution in [3.8, 4) is 0 Å². The Bertz CT molecular complexity index is 1930. The first-order valence-electron chi connectivity index (χ1n) is 36.1. The second kappa shape index (κ2) is 59.4. The summed E-state index contributed by atoms with van der Waals surface area (Å²) < 4.78 is 22.9. The quantitative estimate of drug-likeness (QED) is 0.0204. The summed E-state index contributed by atoms with van der Waals surface area (Å²) in [5.74, 6) is -0.227. The minimum Gasteiger partial charge on any atom is -0.394 e. The van der Waals surface area contributed by atoms with Gasteiger partial charge in [0.05, 0.1) is 32.0 Å². The highest BCUT2D eigenvalue weighted by atomic mass is 16.7. The fourth-order valence-electron chi connectivity index (χ4n) is 11.3. The second-order valence-electron chi connectivity index (χ2n) is 25.0. The van der Waals surface area contributed by atoms with Crippen molar-refractivity contribution in [3.05, 3.63) is 109 Å². The van der Waals surface area contributed by atoms with E-state index in [0.717, 1.165) is 116 Å². The standard InChI is InChI=1S/C76H131NO13/c1-3-5-7-9-11-13-15-17-19-21-23-25-27-28-29-30-31-32-33-34-35-36-38-40-42-44-46-48-50-52-54-56-58-60-68(81)77-64(63-87-75-73(86)71(84)74(67(62-79)89-75)90-76-72(85)70(83)69(82)66(61-78)88-76)65(80)59-57-55-53-51-49-47-45-43-41-39-37-26-24-22-20-18-16-14-12-10-8-6-4-2/h5,7,11,13,17,19,23,25,28-29,31-32,34-35,38,40,44,46,64-67,69-76,78-80,82-86H,3-4,6,8-10,12,14-16,18,20-22,24,26-27,30,33,36-37,39,41-43,45,47-63H2,1-2H3,(H,77,81)/b7-5-,13-11-,19-17-,25-23-,29-28-,32-31-,35-34-,40-38-,46-44-. The molecule has 2 rings (SSSR count). The van der Waals surface area contributed by atoms with Crippen LogP contribution in [0.2, 0.25) is 0 Å². The Kier molecular flexibility index (Phi) is 54.6. The van der Waals surface area contributed by atoms with Crippen LogP contribution in [0.15, 0.2) is 109 Å². The van der Waals surface area contributed by atoms with E-state index in [2.05, 4.69) is 129 Å². The van der Waals surface area contributed by atoms with E-state index in [-0.39, 0.29) is 18.9 Å². The van der Waals surface area contributed by atoms with Gasteiger partial charge in [-0.3, -0.25) is 4.79 Å². The summed E-state index contributed by atoms with van der Waals surface area (Å²) >= 11 is 0. The molecule has 9 N–H and O–H groups in total. The number of rotatable bonds is 58. The van der Waals surface area contributed by atoms with Crippen LogP contribution in [0.3, 0.4) is 0 Å². The van der Waals surface area contributed by atoms with Crippen LogP contribution in [0.4, 0.5) is 0 Å². The van der Waals surface area contributed by atoms with Crippen molar-refractivity contribution in [2.75, 3.05) is 19.8 Å². The number of carbonyl (C=O) groups excluding carboxylic acids is 1. The van der Waals surface area contributed by atoms with Gasteiger partial charge >= 0.3 is 0 Å². The summed E-state index contributed by atoms with van der Waals surface area (Å²) in [4.78, 5) is 13.4. The van der Waals surface area contributed by atoms with Gasteiger partial charge in [0.15, 0.2) is 12.6 Å². The van der Waals surface area contributed by atoms with E-state index in [1.54, 1.807) is 0 Å². The zero-order valence-electron chi connectivity index (χ0n) is 56.3. The monoisotopic (exact) mass is 1270 g/mol. The molecule has 0 bridgehead atoms. The number of allylic oxidation sites excluding steroid dienone is 18. The first-order chi connectivity index (χ1) is 44.1. The molecular formula is C76H131NO13. The molecule has 2 heterocycles.